The van der Waals surface area contributed by atoms with Gasteiger partial charge in [-0.15, -0.1) is 0 Å². The van der Waals surface area contributed by atoms with E-state index in [-0.39, 0.29) is 37.1 Å². The van der Waals surface area contributed by atoms with E-state index in [9.17, 15) is 14.0 Å². The van der Waals surface area contributed by atoms with Crippen molar-refractivity contribution in [1.82, 2.24) is 10.2 Å². The first kappa shape index (κ1) is 23.8. The van der Waals surface area contributed by atoms with Crippen LogP contribution in [0.15, 0.2) is 72.8 Å². The molecule has 4 nitrogen and oxygen atoms in total. The van der Waals surface area contributed by atoms with Gasteiger partial charge >= 0.3 is 0 Å². The number of carbonyl (C=O) groups excluding carboxylic acids is 2. The minimum Gasteiger partial charge on any atom is -0.350 e. The molecule has 0 aromatic heterocycles. The third-order valence-electron chi connectivity index (χ3n) is 5.03. The van der Waals surface area contributed by atoms with E-state index in [1.54, 1.807) is 49.4 Å². The van der Waals surface area contributed by atoms with Crippen LogP contribution in [0.4, 0.5) is 4.39 Å². The molecule has 0 bridgehead atoms. The van der Waals surface area contributed by atoms with Gasteiger partial charge in [-0.25, -0.2) is 4.39 Å². The van der Waals surface area contributed by atoms with Crippen LogP contribution >= 0.6 is 23.2 Å². The molecule has 0 saturated heterocycles. The highest BCUT2D eigenvalue weighted by atomic mass is 35.5. The minimum atomic E-state index is -0.861. The van der Waals surface area contributed by atoms with Crippen LogP contribution in [0.1, 0.15) is 36.1 Å². The average Bonchev–Trinajstić information content (AvgIpc) is 2.79. The summed E-state index contributed by atoms with van der Waals surface area (Å²) in [5.41, 5.74) is 2.11. The second-order valence-electron chi connectivity index (χ2n) is 7.27. The number of hydrogen-bond acceptors (Lipinski definition) is 2. The van der Waals surface area contributed by atoms with E-state index in [2.05, 4.69) is 5.32 Å². The molecule has 3 rings (SSSR count). The van der Waals surface area contributed by atoms with Crippen molar-refractivity contribution in [3.63, 3.8) is 0 Å². The fourth-order valence-electron chi connectivity index (χ4n) is 3.37. The number of hydrogen-bond donors (Lipinski definition) is 1. The molecule has 0 aliphatic carbocycles. The van der Waals surface area contributed by atoms with Gasteiger partial charge in [0.15, 0.2) is 0 Å². The van der Waals surface area contributed by atoms with E-state index in [1.165, 1.54) is 17.0 Å². The van der Waals surface area contributed by atoms with Gasteiger partial charge in [0.1, 0.15) is 11.9 Å². The second-order valence-corrected chi connectivity index (χ2v) is 8.11. The Balaban J connectivity index is 1.90. The molecule has 0 radical (unpaired) electrons. The van der Waals surface area contributed by atoms with Crippen LogP contribution in [0.2, 0.25) is 10.0 Å². The molecule has 0 unspecified atom stereocenters. The zero-order chi connectivity index (χ0) is 23.1. The molecule has 1 N–H and O–H groups in total. The third-order valence-corrected chi connectivity index (χ3v) is 5.62. The molecule has 166 valence electrons. The van der Waals surface area contributed by atoms with Crippen LogP contribution in [-0.2, 0) is 22.7 Å². The molecule has 3 aromatic carbocycles. The van der Waals surface area contributed by atoms with E-state index < -0.39 is 6.04 Å². The molecular weight excluding hydrogens is 450 g/mol. The monoisotopic (exact) mass is 472 g/mol. The number of nitrogens with one attached hydrogen (secondary N) is 1. The molecule has 32 heavy (non-hydrogen) atoms. The highest BCUT2D eigenvalue weighted by Gasteiger charge is 2.30. The number of halogens is 3. The lowest BCUT2D eigenvalue weighted by atomic mass is 10.0. The largest absolute Gasteiger partial charge is 0.350 e. The molecule has 0 aliphatic rings. The first-order valence-electron chi connectivity index (χ1n) is 10.2. The summed E-state index contributed by atoms with van der Waals surface area (Å²) in [6.45, 7) is 2.10. The predicted molar refractivity (Wildman–Crippen MR) is 125 cm³/mol. The molecule has 1 atom stereocenters. The van der Waals surface area contributed by atoms with Gasteiger partial charge in [0.2, 0.25) is 11.8 Å². The molecule has 0 heterocycles. The summed E-state index contributed by atoms with van der Waals surface area (Å²) in [5, 5.41) is 3.84. The SMILES string of the molecule is CCC(=O)N(Cc1ccc(F)cc1)[C@@H](C(=O)NCc1ccc(Cl)cc1Cl)c1ccccc1. The average molecular weight is 473 g/mol. The lowest BCUT2D eigenvalue weighted by molar-refractivity contribution is -0.141. The number of benzene rings is 3. The molecule has 0 aliphatic heterocycles. The highest BCUT2D eigenvalue weighted by molar-refractivity contribution is 6.35. The first-order chi connectivity index (χ1) is 15.4. The molecular formula is C25H23Cl2FN2O2. The smallest absolute Gasteiger partial charge is 0.247 e. The fraction of sp³-hybridized carbons (Fsp3) is 0.200. The van der Waals surface area contributed by atoms with Gasteiger partial charge in [-0.2, -0.15) is 0 Å². The van der Waals surface area contributed by atoms with Crippen LogP contribution in [-0.4, -0.2) is 16.7 Å². The van der Waals surface area contributed by atoms with Crippen LogP contribution in [0.25, 0.3) is 0 Å². The van der Waals surface area contributed by atoms with Gasteiger partial charge < -0.3 is 10.2 Å². The third kappa shape index (κ3) is 6.09. The summed E-state index contributed by atoms with van der Waals surface area (Å²) in [6, 6.07) is 19.2. The predicted octanol–water partition coefficient (Wildman–Crippen LogP) is 5.93. The van der Waals surface area contributed by atoms with Crippen LogP contribution in [0, 0.1) is 5.82 Å². The van der Waals surface area contributed by atoms with Crippen LogP contribution in [0.3, 0.4) is 0 Å². The number of carbonyl (C=O) groups is 2. The van der Waals surface area contributed by atoms with Gasteiger partial charge in [-0.05, 0) is 41.0 Å². The summed E-state index contributed by atoms with van der Waals surface area (Å²) in [5.74, 6) is -0.895. The van der Waals surface area contributed by atoms with E-state index in [0.29, 0.717) is 21.2 Å². The van der Waals surface area contributed by atoms with Gasteiger partial charge in [0, 0.05) is 29.6 Å². The Morgan fingerprint density at radius 2 is 1.69 bits per heavy atom. The molecule has 7 heteroatoms. The molecule has 3 aromatic rings. The second kappa shape index (κ2) is 11.1. The normalized spacial score (nSPS) is 11.6. The molecule has 0 spiro atoms. The Bertz CT molecular complexity index is 1080. The first-order valence-corrected chi connectivity index (χ1v) is 10.9. The quantitative estimate of drug-likeness (QED) is 0.441. The summed E-state index contributed by atoms with van der Waals surface area (Å²) >= 11 is 12.2. The Morgan fingerprint density at radius 1 is 1.00 bits per heavy atom. The van der Waals surface area contributed by atoms with Crippen molar-refractivity contribution >= 4 is 35.0 Å². The summed E-state index contributed by atoms with van der Waals surface area (Å²) in [6.07, 6.45) is 0.223. The molecule has 0 saturated carbocycles. The van der Waals surface area contributed by atoms with Crippen molar-refractivity contribution in [1.29, 1.82) is 0 Å². The van der Waals surface area contributed by atoms with Crippen molar-refractivity contribution in [2.45, 2.75) is 32.5 Å². The summed E-state index contributed by atoms with van der Waals surface area (Å²) in [7, 11) is 0. The zero-order valence-electron chi connectivity index (χ0n) is 17.5. The summed E-state index contributed by atoms with van der Waals surface area (Å²) in [4.78, 5) is 27.8. The van der Waals surface area contributed by atoms with Crippen molar-refractivity contribution in [2.75, 3.05) is 0 Å². The number of rotatable bonds is 8. The van der Waals surface area contributed by atoms with Crippen molar-refractivity contribution in [3.8, 4) is 0 Å². The minimum absolute atomic E-state index is 0.168. The number of amides is 2. The zero-order valence-corrected chi connectivity index (χ0v) is 19.0. The maximum Gasteiger partial charge on any atom is 0.247 e. The lowest BCUT2D eigenvalue weighted by Gasteiger charge is -2.31. The topological polar surface area (TPSA) is 49.4 Å². The highest BCUT2D eigenvalue weighted by Crippen LogP contribution is 2.26. The van der Waals surface area contributed by atoms with Gasteiger partial charge in [-0.1, -0.05) is 78.7 Å². The van der Waals surface area contributed by atoms with Crippen molar-refractivity contribution in [3.05, 3.63) is 105 Å². The van der Waals surface area contributed by atoms with E-state index >= 15 is 0 Å². The van der Waals surface area contributed by atoms with Gasteiger partial charge in [0.05, 0.1) is 0 Å². The van der Waals surface area contributed by atoms with Crippen molar-refractivity contribution in [2.24, 2.45) is 0 Å². The Morgan fingerprint density at radius 3 is 2.31 bits per heavy atom. The van der Waals surface area contributed by atoms with Crippen LogP contribution < -0.4 is 5.32 Å². The van der Waals surface area contributed by atoms with E-state index in [4.69, 9.17) is 23.2 Å². The van der Waals surface area contributed by atoms with Gasteiger partial charge in [-0.3, -0.25) is 9.59 Å². The molecule has 2 amide bonds. The van der Waals surface area contributed by atoms with E-state index in [0.717, 1.165) is 5.56 Å². The van der Waals surface area contributed by atoms with Crippen molar-refractivity contribution < 1.29 is 14.0 Å². The maximum atomic E-state index is 13.4. The summed E-state index contributed by atoms with van der Waals surface area (Å²) < 4.78 is 13.4. The number of nitrogens with zero attached hydrogens (tertiary/aromatic N) is 1. The standard InChI is InChI=1S/C25H23Cl2FN2O2/c1-2-23(31)30(16-17-8-12-21(28)13-9-17)24(18-6-4-3-5-7-18)25(32)29-15-19-10-11-20(26)14-22(19)27/h3-14,24H,2,15-16H2,1H3,(H,29,32)/t24-/m1/s1. The Hall–Kier alpha value is -2.89. The molecule has 0 fully saturated rings. The van der Waals surface area contributed by atoms with Crippen LogP contribution in [0.5, 0.6) is 0 Å². The lowest BCUT2D eigenvalue weighted by Crippen LogP contribution is -2.43. The van der Waals surface area contributed by atoms with E-state index in [1.807, 2.05) is 18.2 Å². The Labute approximate surface area is 197 Å². The van der Waals surface area contributed by atoms with Gasteiger partial charge in [0.25, 0.3) is 0 Å². The fourth-order valence-corrected chi connectivity index (χ4v) is 3.84. The maximum absolute atomic E-state index is 13.4. The Kier molecular flexibility index (Phi) is 8.26.